The van der Waals surface area contributed by atoms with Crippen molar-refractivity contribution in [1.82, 2.24) is 20.2 Å². The number of hydrogen-bond donors (Lipinski definition) is 3. The lowest BCUT2D eigenvalue weighted by atomic mass is 10.1. The van der Waals surface area contributed by atoms with Crippen molar-refractivity contribution in [1.29, 1.82) is 0 Å². The second kappa shape index (κ2) is 9.08. The Morgan fingerprint density at radius 3 is 2.58 bits per heavy atom. The molecule has 2 rings (SSSR count). The Labute approximate surface area is 142 Å². The summed E-state index contributed by atoms with van der Waals surface area (Å²) in [6.45, 7) is 6.16. The molecule has 0 spiro atoms. The van der Waals surface area contributed by atoms with Crippen LogP contribution in [0.2, 0.25) is 0 Å². The Morgan fingerprint density at radius 2 is 1.96 bits per heavy atom. The summed E-state index contributed by atoms with van der Waals surface area (Å²) in [6.07, 6.45) is 4.51. The normalized spacial score (nSPS) is 12.0. The largest absolute Gasteiger partial charge is 0.392 e. The smallest absolute Gasteiger partial charge is 0.314 e. The molecular formula is C18H26N4O2. The fraction of sp³-hybridized carbons (Fsp3) is 0.444. The Balaban J connectivity index is 1.63. The van der Waals surface area contributed by atoms with Crippen molar-refractivity contribution in [3.8, 4) is 0 Å². The number of nitrogens with zero attached hydrogens (tertiary/aromatic N) is 2. The van der Waals surface area contributed by atoms with Crippen molar-refractivity contribution in [2.45, 2.75) is 33.4 Å². The first-order valence-corrected chi connectivity index (χ1v) is 8.26. The Hall–Kier alpha value is -2.34. The van der Waals surface area contributed by atoms with Gasteiger partial charge in [-0.3, -0.25) is 0 Å². The van der Waals surface area contributed by atoms with Gasteiger partial charge in [-0.25, -0.2) is 9.78 Å². The number of hydrogen-bond acceptors (Lipinski definition) is 3. The highest BCUT2D eigenvalue weighted by Gasteiger charge is 2.07. The van der Waals surface area contributed by atoms with Crippen LogP contribution in [0.25, 0.3) is 0 Å². The molecule has 0 radical (unpaired) electrons. The Morgan fingerprint density at radius 1 is 1.25 bits per heavy atom. The number of rotatable bonds is 8. The average molecular weight is 330 g/mol. The zero-order valence-corrected chi connectivity index (χ0v) is 14.3. The highest BCUT2D eigenvalue weighted by molar-refractivity contribution is 5.73. The van der Waals surface area contributed by atoms with Crippen LogP contribution in [0.1, 0.15) is 23.9 Å². The molecule has 0 aliphatic heterocycles. The summed E-state index contributed by atoms with van der Waals surface area (Å²) in [7, 11) is 0. The molecule has 0 saturated heterocycles. The highest BCUT2D eigenvalue weighted by atomic mass is 16.3. The van der Waals surface area contributed by atoms with Crippen molar-refractivity contribution in [3.63, 3.8) is 0 Å². The summed E-state index contributed by atoms with van der Waals surface area (Å²) < 4.78 is 2.08. The quantitative estimate of drug-likeness (QED) is 0.691. The van der Waals surface area contributed by atoms with Crippen molar-refractivity contribution in [3.05, 3.63) is 53.6 Å². The number of aliphatic hydroxyl groups excluding tert-OH is 1. The summed E-state index contributed by atoms with van der Waals surface area (Å²) in [6, 6.07) is 7.60. The number of urea groups is 1. The lowest BCUT2D eigenvalue weighted by molar-refractivity contribution is 0.238. The van der Waals surface area contributed by atoms with E-state index in [1.54, 1.807) is 6.20 Å². The van der Waals surface area contributed by atoms with Gasteiger partial charge in [0.1, 0.15) is 5.82 Å². The van der Waals surface area contributed by atoms with Crippen LogP contribution in [-0.4, -0.2) is 33.8 Å². The fourth-order valence-corrected chi connectivity index (χ4v) is 2.46. The fourth-order valence-electron chi connectivity index (χ4n) is 2.46. The van der Waals surface area contributed by atoms with Gasteiger partial charge >= 0.3 is 6.03 Å². The topological polar surface area (TPSA) is 79.2 Å². The second-order valence-corrected chi connectivity index (χ2v) is 6.09. The van der Waals surface area contributed by atoms with Crippen LogP contribution in [0.4, 0.5) is 4.79 Å². The molecule has 0 saturated carbocycles. The SMILES string of the molecule is Cc1nccn1CC(C)CNC(=O)NCCc1ccc(CO)cc1. The molecule has 1 atom stereocenters. The minimum atomic E-state index is -0.142. The average Bonchev–Trinajstić information content (AvgIpc) is 2.98. The minimum Gasteiger partial charge on any atom is -0.392 e. The highest BCUT2D eigenvalue weighted by Crippen LogP contribution is 2.05. The first kappa shape index (κ1) is 18.0. The summed E-state index contributed by atoms with van der Waals surface area (Å²) in [5, 5.41) is 14.8. The number of aliphatic hydroxyl groups is 1. The number of carbonyl (C=O) groups excluding carboxylic acids is 1. The molecule has 1 heterocycles. The number of carbonyl (C=O) groups is 1. The van der Waals surface area contributed by atoms with E-state index in [2.05, 4.69) is 27.1 Å². The maximum absolute atomic E-state index is 11.8. The molecule has 2 aromatic rings. The molecule has 1 aromatic carbocycles. The summed E-state index contributed by atoms with van der Waals surface area (Å²) in [5.74, 6) is 1.31. The van der Waals surface area contributed by atoms with Crippen LogP contribution in [0.5, 0.6) is 0 Å². The molecule has 1 unspecified atom stereocenters. The van der Waals surface area contributed by atoms with E-state index in [9.17, 15) is 4.79 Å². The molecule has 0 bridgehead atoms. The van der Waals surface area contributed by atoms with Crippen LogP contribution >= 0.6 is 0 Å². The van der Waals surface area contributed by atoms with Gasteiger partial charge in [-0.15, -0.1) is 0 Å². The molecule has 130 valence electrons. The summed E-state index contributed by atoms with van der Waals surface area (Å²) >= 11 is 0. The van der Waals surface area contributed by atoms with Gasteiger partial charge in [-0.05, 0) is 30.4 Å². The third-order valence-corrected chi connectivity index (χ3v) is 3.95. The number of aryl methyl sites for hydroxylation is 1. The number of amides is 2. The molecule has 24 heavy (non-hydrogen) atoms. The van der Waals surface area contributed by atoms with Gasteiger partial charge < -0.3 is 20.3 Å². The second-order valence-electron chi connectivity index (χ2n) is 6.09. The zero-order valence-electron chi connectivity index (χ0n) is 14.3. The van der Waals surface area contributed by atoms with E-state index in [1.165, 1.54) is 0 Å². The van der Waals surface area contributed by atoms with Crippen LogP contribution in [-0.2, 0) is 19.6 Å². The van der Waals surface area contributed by atoms with Gasteiger partial charge in [0, 0.05) is 32.0 Å². The maximum atomic E-state index is 11.8. The predicted octanol–water partition coefficient (Wildman–Crippen LogP) is 1.86. The standard InChI is InChI=1S/C18H26N4O2/c1-14(12-22-10-9-19-15(22)2)11-21-18(24)20-8-7-16-3-5-17(13-23)6-4-16/h3-6,9-10,14,23H,7-8,11-13H2,1-2H3,(H2,20,21,24). The number of imidazole rings is 1. The van der Waals surface area contributed by atoms with Gasteiger partial charge in [-0.2, -0.15) is 0 Å². The number of nitrogens with one attached hydrogen (secondary N) is 2. The van der Waals surface area contributed by atoms with E-state index < -0.39 is 0 Å². The van der Waals surface area contributed by atoms with Gasteiger partial charge in [0.2, 0.25) is 0 Å². The van der Waals surface area contributed by atoms with Crippen molar-refractivity contribution in [2.24, 2.45) is 5.92 Å². The molecule has 6 heteroatoms. The molecule has 3 N–H and O–H groups in total. The third kappa shape index (κ3) is 5.70. The Bertz CT molecular complexity index is 637. The van der Waals surface area contributed by atoms with Crippen molar-refractivity contribution < 1.29 is 9.90 Å². The van der Waals surface area contributed by atoms with Gasteiger partial charge in [0.25, 0.3) is 0 Å². The van der Waals surface area contributed by atoms with Gasteiger partial charge in [0.15, 0.2) is 0 Å². The minimum absolute atomic E-state index is 0.0533. The first-order chi connectivity index (χ1) is 11.6. The van der Waals surface area contributed by atoms with Gasteiger partial charge in [-0.1, -0.05) is 31.2 Å². The summed E-state index contributed by atoms with van der Waals surface area (Å²) in [4.78, 5) is 16.0. The molecule has 6 nitrogen and oxygen atoms in total. The summed E-state index contributed by atoms with van der Waals surface area (Å²) in [5.41, 5.74) is 2.03. The van der Waals surface area contributed by atoms with Crippen molar-refractivity contribution >= 4 is 6.03 Å². The first-order valence-electron chi connectivity index (χ1n) is 8.26. The lowest BCUT2D eigenvalue weighted by Crippen LogP contribution is -2.39. The van der Waals surface area contributed by atoms with Gasteiger partial charge in [0.05, 0.1) is 6.61 Å². The molecular weight excluding hydrogens is 304 g/mol. The molecule has 0 aliphatic rings. The van der Waals surface area contributed by atoms with E-state index >= 15 is 0 Å². The molecule has 1 aromatic heterocycles. The van der Waals surface area contributed by atoms with E-state index in [0.717, 1.165) is 29.9 Å². The van der Waals surface area contributed by atoms with E-state index in [4.69, 9.17) is 5.11 Å². The molecule has 0 fully saturated rings. The predicted molar refractivity (Wildman–Crippen MR) is 93.6 cm³/mol. The zero-order chi connectivity index (χ0) is 17.4. The number of aromatic nitrogens is 2. The Kier molecular flexibility index (Phi) is 6.81. The van der Waals surface area contributed by atoms with E-state index in [1.807, 2.05) is 37.4 Å². The third-order valence-electron chi connectivity index (χ3n) is 3.95. The molecule has 0 aliphatic carbocycles. The van der Waals surface area contributed by atoms with E-state index in [-0.39, 0.29) is 12.6 Å². The monoisotopic (exact) mass is 330 g/mol. The lowest BCUT2D eigenvalue weighted by Gasteiger charge is -2.15. The molecule has 2 amide bonds. The van der Waals surface area contributed by atoms with Crippen LogP contribution in [0.3, 0.4) is 0 Å². The maximum Gasteiger partial charge on any atom is 0.314 e. The van der Waals surface area contributed by atoms with Crippen molar-refractivity contribution in [2.75, 3.05) is 13.1 Å². The van der Waals surface area contributed by atoms with Crippen LogP contribution in [0, 0.1) is 12.8 Å². The van der Waals surface area contributed by atoms with Crippen LogP contribution < -0.4 is 10.6 Å². The van der Waals surface area contributed by atoms with E-state index in [0.29, 0.717) is 19.0 Å². The van der Waals surface area contributed by atoms with Crippen LogP contribution in [0.15, 0.2) is 36.7 Å². The number of benzene rings is 1.